The highest BCUT2D eigenvalue weighted by Gasteiger charge is 2.25. The van der Waals surface area contributed by atoms with E-state index in [9.17, 15) is 4.79 Å². The molecule has 0 saturated carbocycles. The van der Waals surface area contributed by atoms with Crippen LogP contribution in [0.4, 0.5) is 0 Å². The highest BCUT2D eigenvalue weighted by molar-refractivity contribution is 5.81. The predicted octanol–water partition coefficient (Wildman–Crippen LogP) is 3.81. The predicted molar refractivity (Wildman–Crippen MR) is 117 cm³/mol. The summed E-state index contributed by atoms with van der Waals surface area (Å²) in [6.07, 6.45) is 0.185. The van der Waals surface area contributed by atoms with Crippen LogP contribution in [-0.2, 0) is 16.1 Å². The molecule has 0 heterocycles. The maximum Gasteiger partial charge on any atom is 0.262 e. The maximum atomic E-state index is 12.9. The van der Waals surface area contributed by atoms with Crippen LogP contribution in [0.1, 0.15) is 31.4 Å². The molecule has 0 radical (unpaired) electrons. The number of carbonyl (C=O) groups is 1. The van der Waals surface area contributed by atoms with Gasteiger partial charge in [0.2, 0.25) is 0 Å². The number of amides is 1. The molecule has 158 valence electrons. The van der Waals surface area contributed by atoms with Crippen LogP contribution in [0.25, 0.3) is 0 Å². The van der Waals surface area contributed by atoms with Crippen molar-refractivity contribution < 1.29 is 14.3 Å². The topological polar surface area (TPSA) is 50.8 Å². The van der Waals surface area contributed by atoms with Gasteiger partial charge < -0.3 is 14.8 Å². The number of hydrogen-bond donors (Lipinski definition) is 1. The molecule has 2 aromatic rings. The third-order valence-corrected chi connectivity index (χ3v) is 4.74. The molecule has 1 N–H and O–H groups in total. The summed E-state index contributed by atoms with van der Waals surface area (Å²) in [6.45, 7) is 8.86. The van der Waals surface area contributed by atoms with Crippen LogP contribution < -0.4 is 10.1 Å². The van der Waals surface area contributed by atoms with Gasteiger partial charge in [0.05, 0.1) is 0 Å². The Morgan fingerprint density at radius 3 is 2.52 bits per heavy atom. The zero-order valence-corrected chi connectivity index (χ0v) is 18.1. The molecule has 0 aliphatic rings. The smallest absolute Gasteiger partial charge is 0.262 e. The SMILES string of the molecule is COCCCNC(=O)[C@H](CN(Cc1cccc(C)c1)C(C)C)Oc1ccccc1. The van der Waals surface area contributed by atoms with Gasteiger partial charge in [0.15, 0.2) is 6.10 Å². The number of methoxy groups -OCH3 is 1. The summed E-state index contributed by atoms with van der Waals surface area (Å²) >= 11 is 0. The van der Waals surface area contributed by atoms with Gasteiger partial charge in [-0.2, -0.15) is 0 Å². The number of aryl methyl sites for hydroxylation is 1. The van der Waals surface area contributed by atoms with E-state index in [1.54, 1.807) is 7.11 Å². The van der Waals surface area contributed by atoms with Crippen LogP contribution in [0.2, 0.25) is 0 Å². The molecule has 0 fully saturated rings. The van der Waals surface area contributed by atoms with Gasteiger partial charge >= 0.3 is 0 Å². The third kappa shape index (κ3) is 8.26. The molecule has 0 saturated heterocycles. The summed E-state index contributed by atoms with van der Waals surface area (Å²) in [4.78, 5) is 15.1. The van der Waals surface area contributed by atoms with E-state index in [1.165, 1.54) is 11.1 Å². The van der Waals surface area contributed by atoms with E-state index in [1.807, 2.05) is 30.3 Å². The molecule has 1 amide bonds. The van der Waals surface area contributed by atoms with Gasteiger partial charge in [0, 0.05) is 39.4 Å². The molecular weight excluding hydrogens is 364 g/mol. The van der Waals surface area contributed by atoms with E-state index in [4.69, 9.17) is 9.47 Å². The molecule has 1 atom stereocenters. The molecule has 0 bridgehead atoms. The highest BCUT2D eigenvalue weighted by Crippen LogP contribution is 2.15. The largest absolute Gasteiger partial charge is 0.479 e. The van der Waals surface area contributed by atoms with Crippen molar-refractivity contribution in [2.75, 3.05) is 26.8 Å². The highest BCUT2D eigenvalue weighted by atomic mass is 16.5. The van der Waals surface area contributed by atoms with E-state index in [0.717, 1.165) is 13.0 Å². The number of ether oxygens (including phenoxy) is 2. The van der Waals surface area contributed by atoms with Crippen molar-refractivity contribution in [1.29, 1.82) is 0 Å². The number of para-hydroxylation sites is 1. The second-order valence-corrected chi connectivity index (χ2v) is 7.57. The fourth-order valence-corrected chi connectivity index (χ4v) is 3.09. The van der Waals surface area contributed by atoms with E-state index in [0.29, 0.717) is 25.4 Å². The zero-order chi connectivity index (χ0) is 21.1. The number of nitrogens with one attached hydrogen (secondary N) is 1. The van der Waals surface area contributed by atoms with E-state index in [2.05, 4.69) is 55.3 Å². The van der Waals surface area contributed by atoms with E-state index in [-0.39, 0.29) is 11.9 Å². The first kappa shape index (κ1) is 22.9. The fourth-order valence-electron chi connectivity index (χ4n) is 3.09. The summed E-state index contributed by atoms with van der Waals surface area (Å²) in [5.41, 5.74) is 2.47. The molecular formula is C24H34N2O3. The summed E-state index contributed by atoms with van der Waals surface area (Å²) in [7, 11) is 1.66. The number of nitrogens with zero attached hydrogens (tertiary/aromatic N) is 1. The minimum Gasteiger partial charge on any atom is -0.479 e. The summed E-state index contributed by atoms with van der Waals surface area (Å²) in [6, 6.07) is 18.3. The molecule has 2 rings (SSSR count). The first-order valence-corrected chi connectivity index (χ1v) is 10.3. The van der Waals surface area contributed by atoms with Gasteiger partial charge in [-0.15, -0.1) is 0 Å². The van der Waals surface area contributed by atoms with Crippen LogP contribution in [-0.4, -0.2) is 49.8 Å². The molecule has 2 aromatic carbocycles. The molecule has 0 aromatic heterocycles. The zero-order valence-electron chi connectivity index (χ0n) is 18.1. The molecule has 0 spiro atoms. The monoisotopic (exact) mass is 398 g/mol. The van der Waals surface area contributed by atoms with Crippen LogP contribution >= 0.6 is 0 Å². The quantitative estimate of drug-likeness (QED) is 0.553. The summed E-state index contributed by atoms with van der Waals surface area (Å²) < 4.78 is 11.2. The summed E-state index contributed by atoms with van der Waals surface area (Å²) in [5, 5.41) is 2.98. The van der Waals surface area contributed by atoms with Crippen molar-refractivity contribution in [3.8, 4) is 5.75 Å². The normalized spacial score (nSPS) is 12.2. The van der Waals surface area contributed by atoms with E-state index < -0.39 is 6.10 Å². The lowest BCUT2D eigenvalue weighted by Crippen LogP contribution is -2.48. The van der Waals surface area contributed by atoms with E-state index >= 15 is 0 Å². The van der Waals surface area contributed by atoms with Crippen molar-refractivity contribution in [3.63, 3.8) is 0 Å². The Labute approximate surface area is 175 Å². The van der Waals surface area contributed by atoms with Gasteiger partial charge in [0.25, 0.3) is 5.91 Å². The lowest BCUT2D eigenvalue weighted by atomic mass is 10.1. The molecule has 5 nitrogen and oxygen atoms in total. The van der Waals surface area contributed by atoms with Crippen molar-refractivity contribution in [2.24, 2.45) is 0 Å². The Morgan fingerprint density at radius 2 is 1.86 bits per heavy atom. The number of benzene rings is 2. The number of rotatable bonds is 12. The van der Waals surface area contributed by atoms with Gasteiger partial charge in [-0.25, -0.2) is 0 Å². The Balaban J connectivity index is 2.10. The second kappa shape index (κ2) is 12.2. The molecule has 0 aliphatic carbocycles. The Morgan fingerprint density at radius 1 is 1.10 bits per heavy atom. The summed E-state index contributed by atoms with van der Waals surface area (Å²) in [5.74, 6) is 0.601. The van der Waals surface area contributed by atoms with Crippen LogP contribution in [0.15, 0.2) is 54.6 Å². The second-order valence-electron chi connectivity index (χ2n) is 7.57. The third-order valence-electron chi connectivity index (χ3n) is 4.74. The van der Waals surface area contributed by atoms with Gasteiger partial charge in [-0.3, -0.25) is 9.69 Å². The van der Waals surface area contributed by atoms with Crippen molar-refractivity contribution in [3.05, 3.63) is 65.7 Å². The fraction of sp³-hybridized carbons (Fsp3) is 0.458. The average Bonchev–Trinajstić information content (AvgIpc) is 2.70. The standard InChI is InChI=1S/C24H34N2O3/c1-19(2)26(17-21-11-8-10-20(3)16-21)18-23(24(27)25-14-9-15-28-4)29-22-12-6-5-7-13-22/h5-8,10-13,16,19,23H,9,14-15,17-18H2,1-4H3,(H,25,27)/t23-/m0/s1. The average molecular weight is 399 g/mol. The van der Waals surface area contributed by atoms with Crippen molar-refractivity contribution in [2.45, 2.75) is 45.9 Å². The van der Waals surface area contributed by atoms with Crippen molar-refractivity contribution in [1.82, 2.24) is 10.2 Å². The van der Waals surface area contributed by atoms with Crippen molar-refractivity contribution >= 4 is 5.91 Å². The Kier molecular flexibility index (Phi) is 9.68. The Bertz CT molecular complexity index is 734. The van der Waals surface area contributed by atoms with Gasteiger partial charge in [0.1, 0.15) is 5.75 Å². The maximum absolute atomic E-state index is 12.9. The number of hydrogen-bond acceptors (Lipinski definition) is 4. The van der Waals surface area contributed by atoms with Crippen LogP contribution in [0.3, 0.4) is 0 Å². The Hall–Kier alpha value is -2.37. The minimum absolute atomic E-state index is 0.0974. The van der Waals surface area contributed by atoms with Gasteiger partial charge in [-0.1, -0.05) is 48.0 Å². The molecule has 29 heavy (non-hydrogen) atoms. The lowest BCUT2D eigenvalue weighted by Gasteiger charge is -2.30. The lowest BCUT2D eigenvalue weighted by molar-refractivity contribution is -0.129. The molecule has 0 aliphatic heterocycles. The first-order valence-electron chi connectivity index (χ1n) is 10.3. The molecule has 5 heteroatoms. The number of carbonyl (C=O) groups excluding carboxylic acids is 1. The molecule has 0 unspecified atom stereocenters. The first-order chi connectivity index (χ1) is 14.0. The minimum atomic E-state index is -0.591. The van der Waals surface area contributed by atoms with Crippen LogP contribution in [0.5, 0.6) is 5.75 Å². The van der Waals surface area contributed by atoms with Crippen LogP contribution in [0, 0.1) is 6.92 Å². The van der Waals surface area contributed by atoms with Gasteiger partial charge in [-0.05, 0) is 44.9 Å².